The predicted octanol–water partition coefficient (Wildman–Crippen LogP) is 3.51. The van der Waals surface area contributed by atoms with Crippen LogP contribution in [0.3, 0.4) is 0 Å². The third-order valence-corrected chi connectivity index (χ3v) is 3.94. The minimum atomic E-state index is -0.00694. The van der Waals surface area contributed by atoms with E-state index in [0.29, 0.717) is 18.1 Å². The number of para-hydroxylation sites is 1. The van der Waals surface area contributed by atoms with E-state index in [1.54, 1.807) is 16.8 Å². The second-order valence-electron chi connectivity index (χ2n) is 5.35. The molecule has 0 radical (unpaired) electrons. The van der Waals surface area contributed by atoms with E-state index in [0.717, 1.165) is 22.6 Å². The van der Waals surface area contributed by atoms with Gasteiger partial charge in [-0.05, 0) is 18.2 Å². The van der Waals surface area contributed by atoms with Gasteiger partial charge >= 0.3 is 0 Å². The van der Waals surface area contributed by atoms with Gasteiger partial charge in [0.15, 0.2) is 0 Å². The molecule has 0 aliphatic heterocycles. The summed E-state index contributed by atoms with van der Waals surface area (Å²) in [4.78, 5) is 0. The molecule has 0 unspecified atom stereocenters. The molecule has 0 amide bonds. The minimum absolute atomic E-state index is 0.00694. The van der Waals surface area contributed by atoms with E-state index < -0.39 is 0 Å². The molecule has 1 heterocycles. The topological polar surface area (TPSA) is 70.3 Å². The van der Waals surface area contributed by atoms with Crippen molar-refractivity contribution in [2.45, 2.75) is 13.1 Å². The van der Waals surface area contributed by atoms with Crippen LogP contribution in [-0.2, 0) is 13.1 Å². The normalized spacial score (nSPS) is 10.8. The number of anilines is 1. The summed E-state index contributed by atoms with van der Waals surface area (Å²) in [5.74, 6) is 1.02. The zero-order valence-electron chi connectivity index (χ0n) is 13.0. The Bertz CT molecular complexity index is 815. The van der Waals surface area contributed by atoms with Crippen LogP contribution in [0.5, 0.6) is 5.75 Å². The molecule has 3 N–H and O–H groups in total. The lowest BCUT2D eigenvalue weighted by atomic mass is 10.1. The average molecular weight is 344 g/mol. The van der Waals surface area contributed by atoms with Crippen molar-refractivity contribution < 1.29 is 10.2 Å². The monoisotopic (exact) mass is 343 g/mol. The van der Waals surface area contributed by atoms with Crippen LogP contribution in [0.1, 0.15) is 5.56 Å². The molecule has 2 aromatic carbocycles. The Hall–Kier alpha value is -2.50. The highest BCUT2D eigenvalue weighted by molar-refractivity contribution is 6.30. The van der Waals surface area contributed by atoms with Crippen LogP contribution >= 0.6 is 11.6 Å². The maximum absolute atomic E-state index is 9.86. The summed E-state index contributed by atoms with van der Waals surface area (Å²) in [6.45, 7) is 0.841. The highest BCUT2D eigenvalue weighted by Gasteiger charge is 2.10. The van der Waals surface area contributed by atoms with E-state index in [2.05, 4.69) is 10.4 Å². The summed E-state index contributed by atoms with van der Waals surface area (Å²) in [6.07, 6.45) is 0. The van der Waals surface area contributed by atoms with Gasteiger partial charge < -0.3 is 15.5 Å². The Balaban J connectivity index is 1.83. The lowest BCUT2D eigenvalue weighted by Crippen LogP contribution is -2.10. The largest absolute Gasteiger partial charge is 0.508 e. The van der Waals surface area contributed by atoms with Crippen LogP contribution in [0.2, 0.25) is 5.02 Å². The molecule has 24 heavy (non-hydrogen) atoms. The molecule has 1 aromatic heterocycles. The first kappa shape index (κ1) is 16.4. The maximum atomic E-state index is 9.86. The van der Waals surface area contributed by atoms with Gasteiger partial charge in [0.25, 0.3) is 0 Å². The van der Waals surface area contributed by atoms with Gasteiger partial charge in [0.1, 0.15) is 11.6 Å². The molecule has 0 fully saturated rings. The molecule has 0 aliphatic rings. The standard InChI is InChI=1S/C18H18ClN3O2/c19-15-7-5-13(6-8-15)16-11-18(22(21-16)9-10-23)20-12-14-3-1-2-4-17(14)24/h1-8,11,20,23-24H,9-10,12H2. The van der Waals surface area contributed by atoms with Gasteiger partial charge in [0.05, 0.1) is 18.8 Å². The van der Waals surface area contributed by atoms with Crippen molar-refractivity contribution >= 4 is 17.4 Å². The third kappa shape index (κ3) is 3.69. The molecular formula is C18H18ClN3O2. The van der Waals surface area contributed by atoms with Gasteiger partial charge in [-0.15, -0.1) is 0 Å². The van der Waals surface area contributed by atoms with Crippen molar-refractivity contribution in [3.63, 3.8) is 0 Å². The number of aromatic nitrogens is 2. The molecule has 0 saturated heterocycles. The molecule has 3 aromatic rings. The highest BCUT2D eigenvalue weighted by atomic mass is 35.5. The summed E-state index contributed by atoms with van der Waals surface area (Å²) in [5.41, 5.74) is 2.53. The molecule has 0 spiro atoms. The van der Waals surface area contributed by atoms with Crippen molar-refractivity contribution in [1.29, 1.82) is 0 Å². The second kappa shape index (κ2) is 7.38. The lowest BCUT2D eigenvalue weighted by molar-refractivity contribution is 0.270. The number of hydrogen-bond acceptors (Lipinski definition) is 4. The summed E-state index contributed by atoms with van der Waals surface area (Å²) in [7, 11) is 0. The Kier molecular flexibility index (Phi) is 5.03. The summed E-state index contributed by atoms with van der Waals surface area (Å²) in [6, 6.07) is 16.5. The number of halogens is 1. The fourth-order valence-electron chi connectivity index (χ4n) is 2.43. The number of nitrogens with one attached hydrogen (secondary N) is 1. The fourth-order valence-corrected chi connectivity index (χ4v) is 2.56. The number of rotatable bonds is 6. The van der Waals surface area contributed by atoms with E-state index in [4.69, 9.17) is 11.6 Å². The van der Waals surface area contributed by atoms with Gasteiger partial charge in [0, 0.05) is 28.8 Å². The van der Waals surface area contributed by atoms with E-state index in [1.807, 2.05) is 42.5 Å². The van der Waals surface area contributed by atoms with Crippen LogP contribution in [0.15, 0.2) is 54.6 Å². The Morgan fingerprint density at radius 2 is 1.83 bits per heavy atom. The Morgan fingerprint density at radius 3 is 2.54 bits per heavy atom. The average Bonchev–Trinajstić information content (AvgIpc) is 2.98. The number of benzene rings is 2. The molecule has 0 aliphatic carbocycles. The van der Waals surface area contributed by atoms with Crippen molar-refractivity contribution in [2.24, 2.45) is 0 Å². The van der Waals surface area contributed by atoms with E-state index >= 15 is 0 Å². The molecule has 0 atom stereocenters. The number of nitrogens with zero attached hydrogens (tertiary/aromatic N) is 2. The molecule has 124 valence electrons. The smallest absolute Gasteiger partial charge is 0.125 e. The molecule has 0 bridgehead atoms. The minimum Gasteiger partial charge on any atom is -0.508 e. The van der Waals surface area contributed by atoms with Crippen molar-refractivity contribution in [3.8, 4) is 17.0 Å². The number of aliphatic hydroxyl groups is 1. The first-order chi connectivity index (χ1) is 11.7. The Morgan fingerprint density at radius 1 is 1.08 bits per heavy atom. The van der Waals surface area contributed by atoms with E-state index in [-0.39, 0.29) is 12.4 Å². The zero-order valence-corrected chi connectivity index (χ0v) is 13.7. The second-order valence-corrected chi connectivity index (χ2v) is 5.79. The summed E-state index contributed by atoms with van der Waals surface area (Å²) >= 11 is 5.92. The predicted molar refractivity (Wildman–Crippen MR) is 95.2 cm³/mol. The van der Waals surface area contributed by atoms with E-state index in [9.17, 15) is 10.2 Å². The Labute approximate surface area is 145 Å². The van der Waals surface area contributed by atoms with Gasteiger partial charge in [-0.3, -0.25) is 0 Å². The van der Waals surface area contributed by atoms with Crippen molar-refractivity contribution in [2.75, 3.05) is 11.9 Å². The van der Waals surface area contributed by atoms with Crippen molar-refractivity contribution in [3.05, 3.63) is 65.2 Å². The number of aliphatic hydroxyl groups excluding tert-OH is 1. The number of phenols is 1. The van der Waals surface area contributed by atoms with Gasteiger partial charge in [-0.2, -0.15) is 5.10 Å². The van der Waals surface area contributed by atoms with Crippen LogP contribution in [0, 0.1) is 0 Å². The number of hydrogen-bond donors (Lipinski definition) is 3. The summed E-state index contributed by atoms with van der Waals surface area (Å²) < 4.78 is 1.71. The maximum Gasteiger partial charge on any atom is 0.125 e. The summed E-state index contributed by atoms with van der Waals surface area (Å²) in [5, 5.41) is 27.6. The van der Waals surface area contributed by atoms with Crippen LogP contribution in [0.25, 0.3) is 11.3 Å². The molecule has 6 heteroatoms. The SMILES string of the molecule is OCCn1nc(-c2ccc(Cl)cc2)cc1NCc1ccccc1O. The van der Waals surface area contributed by atoms with Crippen LogP contribution in [-0.4, -0.2) is 26.6 Å². The highest BCUT2D eigenvalue weighted by Crippen LogP contribution is 2.24. The van der Waals surface area contributed by atoms with Crippen LogP contribution in [0.4, 0.5) is 5.82 Å². The molecule has 0 saturated carbocycles. The number of aromatic hydroxyl groups is 1. The quantitative estimate of drug-likeness (QED) is 0.640. The number of phenolic OH excluding ortho intramolecular Hbond substituents is 1. The van der Waals surface area contributed by atoms with Gasteiger partial charge in [-0.25, -0.2) is 4.68 Å². The van der Waals surface area contributed by atoms with Crippen molar-refractivity contribution in [1.82, 2.24) is 9.78 Å². The van der Waals surface area contributed by atoms with Gasteiger partial charge in [0.2, 0.25) is 0 Å². The molecule has 3 rings (SSSR count). The first-order valence-corrected chi connectivity index (χ1v) is 8.00. The fraction of sp³-hybridized carbons (Fsp3) is 0.167. The van der Waals surface area contributed by atoms with Crippen LogP contribution < -0.4 is 5.32 Å². The third-order valence-electron chi connectivity index (χ3n) is 3.68. The zero-order chi connectivity index (χ0) is 16.9. The first-order valence-electron chi connectivity index (χ1n) is 7.63. The molecule has 5 nitrogen and oxygen atoms in total. The lowest BCUT2D eigenvalue weighted by Gasteiger charge is -2.09. The van der Waals surface area contributed by atoms with Gasteiger partial charge in [-0.1, -0.05) is 41.9 Å². The molecular weight excluding hydrogens is 326 g/mol. The van der Waals surface area contributed by atoms with E-state index in [1.165, 1.54) is 0 Å².